The fraction of sp³-hybridized carbons (Fsp3) is 0.273. The van der Waals surface area contributed by atoms with Gasteiger partial charge in [0.25, 0.3) is 0 Å². The first-order valence-corrected chi connectivity index (χ1v) is 5.05. The molecule has 5 heteroatoms. The van der Waals surface area contributed by atoms with Crippen LogP contribution in [0.25, 0.3) is 11.0 Å². The predicted molar refractivity (Wildman–Crippen MR) is 60.4 cm³/mol. The van der Waals surface area contributed by atoms with E-state index in [0.717, 1.165) is 16.9 Å². The summed E-state index contributed by atoms with van der Waals surface area (Å²) in [5.74, 6) is 0.884. The SMILES string of the molecule is Cn1c(CCNC(=O)O)nc2ccccc21. The first-order chi connectivity index (χ1) is 7.68. The third kappa shape index (κ3) is 1.98. The summed E-state index contributed by atoms with van der Waals surface area (Å²) < 4.78 is 1.98. The summed E-state index contributed by atoms with van der Waals surface area (Å²) in [7, 11) is 1.94. The highest BCUT2D eigenvalue weighted by molar-refractivity contribution is 5.75. The molecule has 0 aliphatic carbocycles. The number of aryl methyl sites for hydroxylation is 1. The molecule has 2 N–H and O–H groups in total. The van der Waals surface area contributed by atoms with Crippen LogP contribution in [0, 0.1) is 0 Å². The number of hydrogen-bond donors (Lipinski definition) is 2. The molecule has 0 unspecified atom stereocenters. The van der Waals surface area contributed by atoms with Crippen LogP contribution in [0.3, 0.4) is 0 Å². The maximum absolute atomic E-state index is 10.3. The summed E-state index contributed by atoms with van der Waals surface area (Å²) in [5, 5.41) is 10.8. The Morgan fingerprint density at radius 1 is 1.50 bits per heavy atom. The van der Waals surface area contributed by atoms with Crippen LogP contribution in [-0.4, -0.2) is 27.3 Å². The Labute approximate surface area is 92.7 Å². The maximum atomic E-state index is 10.3. The second-order valence-electron chi connectivity index (χ2n) is 3.56. The largest absolute Gasteiger partial charge is 0.465 e. The van der Waals surface area contributed by atoms with Crippen LogP contribution in [-0.2, 0) is 13.5 Å². The highest BCUT2D eigenvalue weighted by atomic mass is 16.4. The standard InChI is InChI=1S/C11H13N3O2/c1-14-9-5-3-2-4-8(9)13-10(14)6-7-12-11(15)16/h2-5,12H,6-7H2,1H3,(H,15,16). The van der Waals surface area contributed by atoms with Crippen LogP contribution < -0.4 is 5.32 Å². The highest BCUT2D eigenvalue weighted by Gasteiger charge is 2.06. The molecule has 0 bridgehead atoms. The molecule has 1 amide bonds. The number of carbonyl (C=O) groups is 1. The lowest BCUT2D eigenvalue weighted by Gasteiger charge is -2.02. The zero-order valence-corrected chi connectivity index (χ0v) is 8.97. The molecule has 1 heterocycles. The van der Waals surface area contributed by atoms with Gasteiger partial charge in [0, 0.05) is 20.0 Å². The van der Waals surface area contributed by atoms with E-state index in [0.29, 0.717) is 13.0 Å². The molecule has 0 atom stereocenters. The Morgan fingerprint density at radius 2 is 2.25 bits per heavy atom. The summed E-state index contributed by atoms with van der Waals surface area (Å²) in [6, 6.07) is 7.85. The molecule has 5 nitrogen and oxygen atoms in total. The Hall–Kier alpha value is -2.04. The van der Waals surface area contributed by atoms with Crippen LogP contribution >= 0.6 is 0 Å². The zero-order valence-electron chi connectivity index (χ0n) is 8.97. The van der Waals surface area contributed by atoms with Gasteiger partial charge in [0.05, 0.1) is 11.0 Å². The number of rotatable bonds is 3. The maximum Gasteiger partial charge on any atom is 0.404 e. The molecule has 0 spiro atoms. The molecule has 0 aliphatic heterocycles. The Bertz CT molecular complexity index is 519. The quantitative estimate of drug-likeness (QED) is 0.819. The number of carboxylic acid groups (broad SMARTS) is 1. The molecule has 0 fully saturated rings. The van der Waals surface area contributed by atoms with Crippen molar-refractivity contribution in [2.24, 2.45) is 7.05 Å². The van der Waals surface area contributed by atoms with Crippen molar-refractivity contribution >= 4 is 17.1 Å². The summed E-state index contributed by atoms with van der Waals surface area (Å²) >= 11 is 0. The van der Waals surface area contributed by atoms with Gasteiger partial charge in [0.2, 0.25) is 0 Å². The third-order valence-electron chi connectivity index (χ3n) is 2.50. The number of nitrogens with one attached hydrogen (secondary N) is 1. The van der Waals surface area contributed by atoms with E-state index in [1.54, 1.807) is 0 Å². The monoisotopic (exact) mass is 219 g/mol. The Morgan fingerprint density at radius 3 is 2.94 bits per heavy atom. The highest BCUT2D eigenvalue weighted by Crippen LogP contribution is 2.14. The first-order valence-electron chi connectivity index (χ1n) is 5.05. The van der Waals surface area contributed by atoms with E-state index >= 15 is 0 Å². The van der Waals surface area contributed by atoms with Gasteiger partial charge in [-0.2, -0.15) is 0 Å². The van der Waals surface area contributed by atoms with Gasteiger partial charge in [-0.05, 0) is 12.1 Å². The lowest BCUT2D eigenvalue weighted by atomic mass is 10.3. The van der Waals surface area contributed by atoms with E-state index < -0.39 is 6.09 Å². The van der Waals surface area contributed by atoms with Crippen molar-refractivity contribution in [1.82, 2.24) is 14.9 Å². The van der Waals surface area contributed by atoms with Gasteiger partial charge >= 0.3 is 6.09 Å². The van der Waals surface area contributed by atoms with Gasteiger partial charge in [-0.1, -0.05) is 12.1 Å². The van der Waals surface area contributed by atoms with Crippen molar-refractivity contribution in [3.8, 4) is 0 Å². The molecule has 16 heavy (non-hydrogen) atoms. The number of nitrogens with zero attached hydrogens (tertiary/aromatic N) is 2. The normalized spacial score (nSPS) is 10.6. The van der Waals surface area contributed by atoms with Gasteiger partial charge in [0.15, 0.2) is 0 Å². The number of imidazole rings is 1. The van der Waals surface area contributed by atoms with Crippen molar-refractivity contribution < 1.29 is 9.90 Å². The third-order valence-corrected chi connectivity index (χ3v) is 2.50. The summed E-state index contributed by atoms with van der Waals surface area (Å²) in [4.78, 5) is 14.7. The van der Waals surface area contributed by atoms with Gasteiger partial charge in [0.1, 0.15) is 5.82 Å². The van der Waals surface area contributed by atoms with Crippen LogP contribution in [0.2, 0.25) is 0 Å². The smallest absolute Gasteiger partial charge is 0.404 e. The average molecular weight is 219 g/mol. The second-order valence-corrected chi connectivity index (χ2v) is 3.56. The van der Waals surface area contributed by atoms with E-state index in [-0.39, 0.29) is 0 Å². The fourth-order valence-electron chi connectivity index (χ4n) is 1.70. The first kappa shape index (κ1) is 10.5. The van der Waals surface area contributed by atoms with E-state index in [1.165, 1.54) is 0 Å². The number of para-hydroxylation sites is 2. The Balaban J connectivity index is 2.18. The molecule has 0 radical (unpaired) electrons. The Kier molecular flexibility index (Phi) is 2.76. The van der Waals surface area contributed by atoms with E-state index in [9.17, 15) is 4.79 Å². The average Bonchev–Trinajstić information content (AvgIpc) is 2.56. The van der Waals surface area contributed by atoms with Crippen molar-refractivity contribution in [1.29, 1.82) is 0 Å². The number of hydrogen-bond acceptors (Lipinski definition) is 2. The molecular weight excluding hydrogens is 206 g/mol. The molecule has 2 aromatic rings. The number of aromatic nitrogens is 2. The predicted octanol–water partition coefficient (Wildman–Crippen LogP) is 1.38. The summed E-state index contributed by atoms with van der Waals surface area (Å²) in [5.41, 5.74) is 2.00. The molecule has 1 aromatic heterocycles. The summed E-state index contributed by atoms with van der Waals surface area (Å²) in [6.45, 7) is 0.381. The van der Waals surface area contributed by atoms with Crippen molar-refractivity contribution in [3.63, 3.8) is 0 Å². The van der Waals surface area contributed by atoms with E-state index in [4.69, 9.17) is 5.11 Å². The molecule has 0 aliphatic rings. The van der Waals surface area contributed by atoms with Crippen LogP contribution in [0.15, 0.2) is 24.3 Å². The molecule has 1 aromatic carbocycles. The van der Waals surface area contributed by atoms with Gasteiger partial charge in [-0.3, -0.25) is 0 Å². The lowest BCUT2D eigenvalue weighted by molar-refractivity contribution is 0.194. The number of amides is 1. The minimum absolute atomic E-state index is 0.381. The minimum Gasteiger partial charge on any atom is -0.465 e. The van der Waals surface area contributed by atoms with Gasteiger partial charge < -0.3 is 15.0 Å². The second kappa shape index (κ2) is 4.22. The zero-order chi connectivity index (χ0) is 11.5. The van der Waals surface area contributed by atoms with Crippen LogP contribution in [0.1, 0.15) is 5.82 Å². The van der Waals surface area contributed by atoms with E-state index in [1.807, 2.05) is 35.9 Å². The molecule has 0 saturated heterocycles. The fourth-order valence-corrected chi connectivity index (χ4v) is 1.70. The molecule has 2 rings (SSSR count). The van der Waals surface area contributed by atoms with E-state index in [2.05, 4.69) is 10.3 Å². The van der Waals surface area contributed by atoms with Crippen molar-refractivity contribution in [2.75, 3.05) is 6.54 Å². The van der Waals surface area contributed by atoms with Crippen LogP contribution in [0.4, 0.5) is 4.79 Å². The molecule has 0 saturated carbocycles. The molecule has 84 valence electrons. The number of fused-ring (bicyclic) bond motifs is 1. The van der Waals surface area contributed by atoms with Gasteiger partial charge in [-0.15, -0.1) is 0 Å². The lowest BCUT2D eigenvalue weighted by Crippen LogP contribution is -2.24. The van der Waals surface area contributed by atoms with Crippen molar-refractivity contribution in [2.45, 2.75) is 6.42 Å². The van der Waals surface area contributed by atoms with Gasteiger partial charge in [-0.25, -0.2) is 9.78 Å². The van der Waals surface area contributed by atoms with Crippen molar-refractivity contribution in [3.05, 3.63) is 30.1 Å². The summed E-state index contributed by atoms with van der Waals surface area (Å²) in [6.07, 6.45) is -0.406. The van der Waals surface area contributed by atoms with Crippen LogP contribution in [0.5, 0.6) is 0 Å². The topological polar surface area (TPSA) is 67.2 Å². The molecular formula is C11H13N3O2. The number of benzene rings is 1. The minimum atomic E-state index is -1.00.